The van der Waals surface area contributed by atoms with Gasteiger partial charge in [-0.3, -0.25) is 4.79 Å². The van der Waals surface area contributed by atoms with Crippen LogP contribution in [0, 0.1) is 6.92 Å². The number of hydrogen-bond acceptors (Lipinski definition) is 7. The van der Waals surface area contributed by atoms with Crippen molar-refractivity contribution in [2.24, 2.45) is 0 Å². The number of aromatic nitrogens is 1. The highest BCUT2D eigenvalue weighted by atomic mass is 35.5. The van der Waals surface area contributed by atoms with Crippen molar-refractivity contribution < 1.29 is 46.6 Å². The number of H-pyrrole nitrogens is 1. The zero-order valence-corrected chi connectivity index (χ0v) is 24.7. The number of amides is 3. The molecule has 3 amide bonds. The van der Waals surface area contributed by atoms with Gasteiger partial charge in [0.1, 0.15) is 6.04 Å². The van der Waals surface area contributed by atoms with E-state index in [9.17, 15) is 32.3 Å². The van der Waals surface area contributed by atoms with Gasteiger partial charge in [-0.15, -0.1) is 0 Å². The lowest BCUT2D eigenvalue weighted by molar-refractivity contribution is -0.202. The van der Waals surface area contributed by atoms with Crippen LogP contribution in [0.25, 0.3) is 10.9 Å². The lowest BCUT2D eigenvalue weighted by Crippen LogP contribution is -2.45. The Morgan fingerprint density at radius 1 is 0.956 bits per heavy atom. The molecule has 0 unspecified atom stereocenters. The molecular formula is C30H26ClF3N4O7. The molecule has 0 aliphatic carbocycles. The largest absolute Gasteiger partial charge is 0.493 e. The lowest BCUT2D eigenvalue weighted by Gasteiger charge is -2.20. The smallest absolute Gasteiger partial charge is 0.491 e. The Morgan fingerprint density at radius 2 is 1.64 bits per heavy atom. The topological polar surface area (TPSA) is 148 Å². The van der Waals surface area contributed by atoms with Crippen LogP contribution < -0.4 is 25.4 Å². The van der Waals surface area contributed by atoms with Crippen molar-refractivity contribution in [2.75, 3.05) is 24.9 Å². The molecule has 3 aromatic carbocycles. The van der Waals surface area contributed by atoms with Gasteiger partial charge in [0, 0.05) is 29.6 Å². The number of para-hydroxylation sites is 2. The van der Waals surface area contributed by atoms with E-state index < -0.39 is 36.1 Å². The fourth-order valence-electron chi connectivity index (χ4n) is 4.40. The fraction of sp³-hybridized carbons (Fsp3) is 0.200. The van der Waals surface area contributed by atoms with Crippen molar-refractivity contribution in [1.82, 2.24) is 10.3 Å². The number of fused-ring (bicyclic) bond motifs is 1. The molecule has 11 nitrogen and oxygen atoms in total. The summed E-state index contributed by atoms with van der Waals surface area (Å²) in [5.74, 6) is -5.26. The maximum Gasteiger partial charge on any atom is 0.491 e. The van der Waals surface area contributed by atoms with Crippen LogP contribution in [0.15, 0.2) is 60.8 Å². The first-order valence-electron chi connectivity index (χ1n) is 13.1. The van der Waals surface area contributed by atoms with E-state index in [1.807, 2.05) is 0 Å². The summed E-state index contributed by atoms with van der Waals surface area (Å²) in [5.41, 5.74) is 1.65. The first-order valence-corrected chi connectivity index (χ1v) is 13.5. The maximum absolute atomic E-state index is 13.6. The Hall–Kier alpha value is -5.24. The molecule has 236 valence electrons. The van der Waals surface area contributed by atoms with Crippen molar-refractivity contribution >= 4 is 57.8 Å². The van der Waals surface area contributed by atoms with E-state index in [0.717, 1.165) is 0 Å². The fourth-order valence-corrected chi connectivity index (χ4v) is 4.67. The van der Waals surface area contributed by atoms with Crippen molar-refractivity contribution in [2.45, 2.75) is 25.6 Å². The summed E-state index contributed by atoms with van der Waals surface area (Å²) in [6.07, 6.45) is -4.31. The highest BCUT2D eigenvalue weighted by molar-refractivity contribution is 6.34. The van der Waals surface area contributed by atoms with Gasteiger partial charge in [-0.05, 0) is 36.2 Å². The van der Waals surface area contributed by atoms with Gasteiger partial charge < -0.3 is 35.1 Å². The molecule has 1 atom stereocenters. The minimum absolute atomic E-state index is 0.0542. The van der Waals surface area contributed by atoms with Gasteiger partial charge in [0.2, 0.25) is 0 Å². The van der Waals surface area contributed by atoms with Crippen LogP contribution >= 0.6 is 11.6 Å². The summed E-state index contributed by atoms with van der Waals surface area (Å²) >= 11 is 6.21. The second kappa shape index (κ2) is 13.6. The van der Waals surface area contributed by atoms with E-state index >= 15 is 0 Å². The molecule has 0 fully saturated rings. The monoisotopic (exact) mass is 646 g/mol. The normalized spacial score (nSPS) is 11.8. The number of anilines is 2. The number of aryl methyl sites for hydroxylation is 1. The molecule has 15 heteroatoms. The summed E-state index contributed by atoms with van der Waals surface area (Å²) in [4.78, 5) is 54.0. The van der Waals surface area contributed by atoms with E-state index in [-0.39, 0.29) is 34.2 Å². The number of aromatic amines is 1. The van der Waals surface area contributed by atoms with Crippen molar-refractivity contribution in [3.63, 3.8) is 0 Å². The van der Waals surface area contributed by atoms with Crippen LogP contribution in [-0.2, 0) is 20.7 Å². The number of halogens is 4. The lowest BCUT2D eigenvalue weighted by atomic mass is 10.0. The number of nitrogens with one attached hydrogen (secondary N) is 4. The second-order valence-corrected chi connectivity index (χ2v) is 9.97. The molecule has 4 N–H and O–H groups in total. The molecule has 4 aromatic rings. The molecule has 45 heavy (non-hydrogen) atoms. The van der Waals surface area contributed by atoms with Crippen molar-refractivity contribution in [3.8, 4) is 11.5 Å². The number of urea groups is 1. The average molecular weight is 647 g/mol. The Bertz CT molecular complexity index is 1750. The Labute approximate surface area is 259 Å². The number of benzene rings is 3. The third-order valence-corrected chi connectivity index (χ3v) is 6.91. The number of hydrogen-bond donors (Lipinski definition) is 4. The molecular weight excluding hydrogens is 621 g/mol. The quantitative estimate of drug-likeness (QED) is 0.133. The highest BCUT2D eigenvalue weighted by Crippen LogP contribution is 2.34. The second-order valence-electron chi connectivity index (χ2n) is 9.56. The van der Waals surface area contributed by atoms with Crippen LogP contribution in [0.1, 0.15) is 21.5 Å². The summed E-state index contributed by atoms with van der Waals surface area (Å²) < 4.78 is 53.4. The van der Waals surface area contributed by atoms with Crippen LogP contribution in [0.4, 0.5) is 29.3 Å². The molecule has 1 heterocycles. The number of ether oxygens (including phenoxy) is 3. The molecule has 0 radical (unpaired) electrons. The van der Waals surface area contributed by atoms with Crippen LogP contribution in [0.3, 0.4) is 0 Å². The summed E-state index contributed by atoms with van der Waals surface area (Å²) in [7, 11) is 2.61. The predicted octanol–water partition coefficient (Wildman–Crippen LogP) is 5.76. The standard InChI is InChI=1S/C30H26ClF3N4O7/c1-15-7-6-9-19(31)25(15)38-29(42)37-21-13-24(44-3)23(43-2)12-18(21)26(39)36-22(27(40)45-28(41)30(32,33)34)11-16-14-35-20-10-5-4-8-17(16)20/h4-10,12-14,22,35H,11H2,1-3H3,(H,36,39)(H2,37,38,42)/t22-/m0/s1. The molecule has 0 spiro atoms. The van der Waals surface area contributed by atoms with Gasteiger partial charge in [-0.1, -0.05) is 41.9 Å². The van der Waals surface area contributed by atoms with E-state index in [1.54, 1.807) is 49.4 Å². The van der Waals surface area contributed by atoms with Gasteiger partial charge in [0.15, 0.2) is 11.5 Å². The molecule has 0 bridgehead atoms. The van der Waals surface area contributed by atoms with E-state index in [4.69, 9.17) is 21.1 Å². The third-order valence-electron chi connectivity index (χ3n) is 6.59. The zero-order valence-electron chi connectivity index (χ0n) is 23.9. The van der Waals surface area contributed by atoms with Gasteiger partial charge in [-0.25, -0.2) is 14.4 Å². The Morgan fingerprint density at radius 3 is 2.31 bits per heavy atom. The number of carbonyl (C=O) groups excluding carboxylic acids is 4. The Balaban J connectivity index is 1.68. The van der Waals surface area contributed by atoms with Gasteiger partial charge in [0.25, 0.3) is 5.91 Å². The summed E-state index contributed by atoms with van der Waals surface area (Å²) in [6.45, 7) is 1.72. The Kier molecular flexibility index (Phi) is 9.87. The van der Waals surface area contributed by atoms with Crippen LogP contribution in [0.5, 0.6) is 11.5 Å². The molecule has 0 aliphatic heterocycles. The third kappa shape index (κ3) is 7.65. The summed E-state index contributed by atoms with van der Waals surface area (Å²) in [5, 5.41) is 8.31. The maximum atomic E-state index is 13.6. The minimum Gasteiger partial charge on any atom is -0.493 e. The SMILES string of the molecule is COc1cc(NC(=O)Nc2c(C)cccc2Cl)c(C(=O)N[C@@H](Cc2c[nH]c3ccccc23)C(=O)OC(=O)C(F)(F)F)cc1OC. The van der Waals surface area contributed by atoms with Crippen LogP contribution in [-0.4, -0.2) is 55.3 Å². The molecule has 0 saturated carbocycles. The molecule has 4 rings (SSSR count). The van der Waals surface area contributed by atoms with E-state index in [0.29, 0.717) is 27.7 Å². The number of rotatable bonds is 9. The molecule has 0 aliphatic rings. The van der Waals surface area contributed by atoms with Crippen LogP contribution in [0.2, 0.25) is 5.02 Å². The first-order chi connectivity index (χ1) is 21.3. The van der Waals surface area contributed by atoms with E-state index in [2.05, 4.69) is 25.7 Å². The number of methoxy groups -OCH3 is 2. The first kappa shape index (κ1) is 32.7. The van der Waals surface area contributed by atoms with Crippen molar-refractivity contribution in [3.05, 3.63) is 82.5 Å². The molecule has 0 saturated heterocycles. The minimum atomic E-state index is -5.46. The van der Waals surface area contributed by atoms with Gasteiger partial charge >= 0.3 is 24.1 Å². The van der Waals surface area contributed by atoms with Gasteiger partial charge in [-0.2, -0.15) is 13.2 Å². The van der Waals surface area contributed by atoms with Crippen molar-refractivity contribution in [1.29, 1.82) is 0 Å². The number of carbonyl (C=O) groups is 4. The highest BCUT2D eigenvalue weighted by Gasteiger charge is 2.43. The zero-order chi connectivity index (χ0) is 32.9. The number of alkyl halides is 3. The van der Waals surface area contributed by atoms with E-state index in [1.165, 1.54) is 32.5 Å². The predicted molar refractivity (Wildman–Crippen MR) is 159 cm³/mol. The summed E-state index contributed by atoms with van der Waals surface area (Å²) in [6, 6.07) is 11.7. The number of esters is 2. The molecule has 1 aromatic heterocycles. The average Bonchev–Trinajstić information content (AvgIpc) is 3.40. The van der Waals surface area contributed by atoms with Gasteiger partial charge in [0.05, 0.1) is 36.2 Å².